The number of hydrogen-bond acceptors (Lipinski definition) is 5. The molecule has 0 saturated heterocycles. The number of pyridine rings is 1. The van der Waals surface area contributed by atoms with Crippen LogP contribution in [-0.4, -0.2) is 17.4 Å². The number of anilines is 4. The van der Waals surface area contributed by atoms with E-state index < -0.39 is 0 Å². The number of nitrogens with one attached hydrogen (secondary N) is 3. The van der Waals surface area contributed by atoms with Crippen molar-refractivity contribution in [1.82, 2.24) is 10.3 Å². The zero-order valence-corrected chi connectivity index (χ0v) is 16.6. The van der Waals surface area contributed by atoms with E-state index in [1.807, 2.05) is 53.9 Å². The van der Waals surface area contributed by atoms with Gasteiger partial charge in [0.15, 0.2) is 0 Å². The van der Waals surface area contributed by atoms with Gasteiger partial charge in [-0.3, -0.25) is 4.79 Å². The van der Waals surface area contributed by atoms with Crippen LogP contribution in [0.5, 0.6) is 0 Å². The van der Waals surface area contributed by atoms with Crippen molar-refractivity contribution in [2.45, 2.75) is 13.3 Å². The Balaban J connectivity index is 0.00000144. The number of rotatable bonds is 4. The Bertz CT molecular complexity index is 1150. The highest BCUT2D eigenvalue weighted by Crippen LogP contribution is 2.37. The molecule has 1 aliphatic carbocycles. The molecule has 0 spiro atoms. The summed E-state index contributed by atoms with van der Waals surface area (Å²) in [6, 6.07) is 10.0. The Kier molecular flexibility index (Phi) is 4.59. The lowest BCUT2D eigenvalue weighted by Crippen LogP contribution is -2.26. The third-order valence-corrected chi connectivity index (χ3v) is 5.35. The van der Waals surface area contributed by atoms with Crippen molar-refractivity contribution in [2.24, 2.45) is 0 Å². The van der Waals surface area contributed by atoms with Gasteiger partial charge in [0.1, 0.15) is 5.82 Å². The van der Waals surface area contributed by atoms with Gasteiger partial charge in [0, 0.05) is 58.3 Å². The van der Waals surface area contributed by atoms with Crippen LogP contribution in [0.3, 0.4) is 0 Å². The first-order chi connectivity index (χ1) is 14.7. The normalized spacial score (nSPS) is 16.6. The molecule has 1 amide bonds. The van der Waals surface area contributed by atoms with Crippen molar-refractivity contribution in [3.63, 3.8) is 0 Å². The van der Waals surface area contributed by atoms with Crippen LogP contribution in [0.15, 0.2) is 84.0 Å². The van der Waals surface area contributed by atoms with Gasteiger partial charge < -0.3 is 20.9 Å². The standard InChI is InChI=1S/C24H22N5O.2H2/c1-16(30)29-13-10-17-4-2-6-22(24(17)29)27-20-9-12-26-23(15-20)28-19-7-8-21-18(14-19)5-3-11-25-21;;/h2-9,11-12,14-15,25H,10,13H2,1H3,(H2,26,27,28);2*1H. The van der Waals surface area contributed by atoms with Crippen LogP contribution in [0.2, 0.25) is 0 Å². The third kappa shape index (κ3) is 3.48. The fourth-order valence-electron chi connectivity index (χ4n) is 3.95. The molecule has 1 aromatic heterocycles. The summed E-state index contributed by atoms with van der Waals surface area (Å²) in [4.78, 5) is 18.3. The predicted octanol–water partition coefficient (Wildman–Crippen LogP) is 4.67. The van der Waals surface area contributed by atoms with Gasteiger partial charge in [0.25, 0.3) is 0 Å². The third-order valence-electron chi connectivity index (χ3n) is 5.35. The van der Waals surface area contributed by atoms with Crippen LogP contribution < -0.4 is 20.9 Å². The lowest BCUT2D eigenvalue weighted by atomic mass is 10.0. The molecular weight excluding hydrogens is 374 g/mol. The zero-order valence-electron chi connectivity index (χ0n) is 16.6. The van der Waals surface area contributed by atoms with E-state index in [-0.39, 0.29) is 8.76 Å². The molecule has 2 aliphatic heterocycles. The molecule has 3 N–H and O–H groups in total. The monoisotopic (exact) mass is 400 g/mol. The second kappa shape index (κ2) is 7.55. The number of para-hydroxylation sites is 1. The van der Waals surface area contributed by atoms with Gasteiger partial charge in [0.05, 0.1) is 11.4 Å². The van der Waals surface area contributed by atoms with E-state index in [9.17, 15) is 4.79 Å². The summed E-state index contributed by atoms with van der Waals surface area (Å²) in [5.74, 6) is 0.809. The van der Waals surface area contributed by atoms with Gasteiger partial charge in [-0.05, 0) is 41.8 Å². The maximum atomic E-state index is 12.0. The Labute approximate surface area is 178 Å². The number of hydrogen-bond donors (Lipinski definition) is 3. The number of aromatic nitrogens is 1. The number of fused-ring (bicyclic) bond motifs is 2. The van der Waals surface area contributed by atoms with E-state index in [1.54, 1.807) is 13.1 Å². The number of nitrogens with zero attached hydrogens (tertiary/aromatic N) is 2. The summed E-state index contributed by atoms with van der Waals surface area (Å²) >= 11 is 0. The van der Waals surface area contributed by atoms with Gasteiger partial charge in [-0.1, -0.05) is 24.3 Å². The summed E-state index contributed by atoms with van der Waals surface area (Å²) in [6.07, 6.45) is 14.8. The maximum absolute atomic E-state index is 12.0. The minimum Gasteiger partial charge on any atom is -0.361 e. The Hall–Kier alpha value is -3.80. The lowest BCUT2D eigenvalue weighted by Gasteiger charge is -2.21. The number of carbonyl (C=O) groups is 1. The maximum Gasteiger partial charge on any atom is 0.223 e. The van der Waals surface area contributed by atoms with Gasteiger partial charge in [-0.25, -0.2) is 4.98 Å². The summed E-state index contributed by atoms with van der Waals surface area (Å²) in [6.45, 7) is 2.34. The molecule has 153 valence electrons. The molecular formula is C24H26N5O. The second-order valence-electron chi connectivity index (χ2n) is 7.39. The molecule has 0 fully saturated rings. The minimum absolute atomic E-state index is 0. The molecule has 5 rings (SSSR count). The Morgan fingerprint density at radius 1 is 1.23 bits per heavy atom. The average molecular weight is 401 g/mol. The number of benzene rings is 1. The van der Waals surface area contributed by atoms with E-state index in [2.05, 4.69) is 39.2 Å². The van der Waals surface area contributed by atoms with Crippen molar-refractivity contribution >= 4 is 28.8 Å². The first-order valence-electron chi connectivity index (χ1n) is 9.98. The predicted molar refractivity (Wildman–Crippen MR) is 124 cm³/mol. The highest BCUT2D eigenvalue weighted by molar-refractivity contribution is 5.98. The fourth-order valence-corrected chi connectivity index (χ4v) is 3.95. The van der Waals surface area contributed by atoms with Gasteiger partial charge in [0.2, 0.25) is 5.91 Å². The van der Waals surface area contributed by atoms with E-state index in [4.69, 9.17) is 0 Å². The van der Waals surface area contributed by atoms with Crippen LogP contribution in [0.4, 0.5) is 22.9 Å². The van der Waals surface area contributed by atoms with E-state index in [0.29, 0.717) is 0 Å². The van der Waals surface area contributed by atoms with Gasteiger partial charge in [-0.15, -0.1) is 0 Å². The first kappa shape index (κ1) is 18.2. The highest BCUT2D eigenvalue weighted by Gasteiger charge is 2.25. The lowest BCUT2D eigenvalue weighted by molar-refractivity contribution is -0.116. The molecule has 3 heterocycles. The van der Waals surface area contributed by atoms with E-state index in [0.717, 1.165) is 52.8 Å². The topological polar surface area (TPSA) is 69.3 Å². The van der Waals surface area contributed by atoms with Gasteiger partial charge >= 0.3 is 0 Å². The molecule has 1 radical (unpaired) electrons. The fraction of sp³-hybridized carbons (Fsp3) is 0.125. The number of carbonyl (C=O) groups excluding carboxylic acids is 1. The smallest absolute Gasteiger partial charge is 0.223 e. The average Bonchev–Trinajstić information content (AvgIpc) is 3.20. The number of dihydropyridines is 1. The van der Waals surface area contributed by atoms with Gasteiger partial charge in [-0.2, -0.15) is 0 Å². The Morgan fingerprint density at radius 2 is 2.17 bits per heavy atom. The van der Waals surface area contributed by atoms with Crippen molar-refractivity contribution < 1.29 is 7.65 Å². The summed E-state index contributed by atoms with van der Waals surface area (Å²) in [5.41, 5.74) is 7.18. The SMILES string of the molecule is CC(=O)N1CCc2cccc(Nc3ccnc(NC4=CC5=CC=CNC5=C[CH]4)c3)c21.[HH].[HH]. The molecule has 6 heteroatoms. The van der Waals surface area contributed by atoms with Crippen molar-refractivity contribution in [3.8, 4) is 0 Å². The van der Waals surface area contributed by atoms with Crippen molar-refractivity contribution in [3.05, 3.63) is 96.0 Å². The van der Waals surface area contributed by atoms with Crippen LogP contribution in [-0.2, 0) is 11.2 Å². The van der Waals surface area contributed by atoms with Crippen LogP contribution in [0, 0.1) is 6.42 Å². The molecule has 0 unspecified atom stereocenters. The Morgan fingerprint density at radius 3 is 3.07 bits per heavy atom. The largest absolute Gasteiger partial charge is 0.361 e. The molecule has 6 nitrogen and oxygen atoms in total. The molecule has 0 atom stereocenters. The van der Waals surface area contributed by atoms with E-state index in [1.165, 1.54) is 5.56 Å². The van der Waals surface area contributed by atoms with Crippen molar-refractivity contribution in [1.29, 1.82) is 0 Å². The highest BCUT2D eigenvalue weighted by atomic mass is 16.2. The first-order valence-corrected chi connectivity index (χ1v) is 9.98. The summed E-state index contributed by atoms with van der Waals surface area (Å²) in [7, 11) is 0. The molecule has 1 aromatic carbocycles. The molecule has 0 saturated carbocycles. The number of amides is 1. The second-order valence-corrected chi connectivity index (χ2v) is 7.39. The minimum atomic E-state index is 0. The zero-order chi connectivity index (χ0) is 20.5. The molecule has 3 aliphatic rings. The van der Waals surface area contributed by atoms with E-state index >= 15 is 0 Å². The molecule has 2 aromatic rings. The van der Waals surface area contributed by atoms with Crippen LogP contribution >= 0.6 is 0 Å². The van der Waals surface area contributed by atoms with Crippen LogP contribution in [0.1, 0.15) is 15.3 Å². The number of allylic oxidation sites excluding steroid dienone is 4. The quantitative estimate of drug-likeness (QED) is 0.696. The molecule has 30 heavy (non-hydrogen) atoms. The van der Waals surface area contributed by atoms with Crippen LogP contribution in [0.25, 0.3) is 0 Å². The molecule has 0 bridgehead atoms. The van der Waals surface area contributed by atoms with Crippen molar-refractivity contribution in [2.75, 3.05) is 22.1 Å². The summed E-state index contributed by atoms with van der Waals surface area (Å²) < 4.78 is 0. The summed E-state index contributed by atoms with van der Waals surface area (Å²) in [5, 5.41) is 10.1.